The zero-order valence-corrected chi connectivity index (χ0v) is 12.1. The van der Waals surface area contributed by atoms with Crippen LogP contribution in [-0.4, -0.2) is 48.5 Å². The normalized spacial score (nSPS) is 17.7. The Morgan fingerprint density at radius 1 is 1.38 bits per heavy atom. The fourth-order valence-corrected chi connectivity index (χ4v) is 3.56. The molecule has 0 atom stereocenters. The number of rotatable bonds is 6. The monoisotopic (exact) mass is 316 g/mol. The average molecular weight is 316 g/mol. The van der Waals surface area contributed by atoms with E-state index in [0.717, 1.165) is 0 Å². The van der Waals surface area contributed by atoms with Gasteiger partial charge in [-0.15, -0.1) is 0 Å². The van der Waals surface area contributed by atoms with Crippen molar-refractivity contribution in [1.29, 1.82) is 0 Å². The summed E-state index contributed by atoms with van der Waals surface area (Å²) < 4.78 is 29.4. The van der Waals surface area contributed by atoms with Crippen LogP contribution in [0.5, 0.6) is 0 Å². The Morgan fingerprint density at radius 3 is 2.71 bits per heavy atom. The van der Waals surface area contributed by atoms with Crippen LogP contribution in [0.1, 0.15) is 29.2 Å². The Hall–Kier alpha value is -1.87. The second-order valence-corrected chi connectivity index (χ2v) is 6.75. The first kappa shape index (κ1) is 15.5. The van der Waals surface area contributed by atoms with Gasteiger partial charge in [0, 0.05) is 19.5 Å². The van der Waals surface area contributed by atoms with E-state index in [2.05, 4.69) is 5.32 Å². The zero-order valence-electron chi connectivity index (χ0n) is 11.2. The molecule has 1 fully saturated rings. The van der Waals surface area contributed by atoms with Gasteiger partial charge in [-0.05, 0) is 18.6 Å². The van der Waals surface area contributed by atoms with Crippen molar-refractivity contribution in [2.45, 2.75) is 19.4 Å². The Bertz CT molecular complexity index is 636. The number of carbonyl (C=O) groups excluding carboxylic acids is 1. The first-order valence-electron chi connectivity index (χ1n) is 6.45. The van der Waals surface area contributed by atoms with Crippen molar-refractivity contribution in [3.63, 3.8) is 0 Å². The highest BCUT2D eigenvalue weighted by Crippen LogP contribution is 2.13. The summed E-state index contributed by atoms with van der Waals surface area (Å²) in [5.74, 6) is -1.21. The highest BCUT2D eigenvalue weighted by molar-refractivity contribution is 7.89. The molecule has 0 spiro atoms. The van der Waals surface area contributed by atoms with Crippen molar-refractivity contribution < 1.29 is 27.5 Å². The van der Waals surface area contributed by atoms with Crippen molar-refractivity contribution in [3.05, 3.63) is 23.7 Å². The predicted molar refractivity (Wildman–Crippen MR) is 72.1 cm³/mol. The van der Waals surface area contributed by atoms with Gasteiger partial charge < -0.3 is 14.8 Å². The molecule has 2 heterocycles. The quantitative estimate of drug-likeness (QED) is 0.764. The van der Waals surface area contributed by atoms with Crippen molar-refractivity contribution >= 4 is 21.9 Å². The van der Waals surface area contributed by atoms with Crippen LogP contribution in [-0.2, 0) is 21.4 Å². The van der Waals surface area contributed by atoms with E-state index in [0.29, 0.717) is 18.7 Å². The lowest BCUT2D eigenvalue weighted by molar-refractivity contribution is -0.121. The zero-order chi connectivity index (χ0) is 15.5. The smallest absolute Gasteiger partial charge is 0.371 e. The number of sulfonamides is 1. The van der Waals surface area contributed by atoms with E-state index in [9.17, 15) is 18.0 Å². The highest BCUT2D eigenvalue weighted by Gasteiger charge is 2.28. The lowest BCUT2D eigenvalue weighted by Gasteiger charge is -2.13. The summed E-state index contributed by atoms with van der Waals surface area (Å²) in [6, 6.07) is 2.77. The van der Waals surface area contributed by atoms with Crippen LogP contribution < -0.4 is 5.32 Å². The molecule has 2 N–H and O–H groups in total. The summed E-state index contributed by atoms with van der Waals surface area (Å²) in [4.78, 5) is 22.3. The van der Waals surface area contributed by atoms with Crippen LogP contribution in [0, 0.1) is 0 Å². The van der Waals surface area contributed by atoms with Crippen LogP contribution in [0.4, 0.5) is 0 Å². The van der Waals surface area contributed by atoms with Gasteiger partial charge in [-0.1, -0.05) is 0 Å². The molecule has 0 unspecified atom stereocenters. The van der Waals surface area contributed by atoms with E-state index in [4.69, 9.17) is 9.52 Å². The largest absolute Gasteiger partial charge is 0.475 e. The molecule has 2 rings (SSSR count). The predicted octanol–water partition coefficient (Wildman–Crippen LogP) is 0.0196. The van der Waals surface area contributed by atoms with Gasteiger partial charge in [0.25, 0.3) is 0 Å². The molecular formula is C12H16N2O6S. The van der Waals surface area contributed by atoms with Crippen molar-refractivity contribution in [2.75, 3.05) is 18.8 Å². The summed E-state index contributed by atoms with van der Waals surface area (Å²) in [7, 11) is -3.19. The summed E-state index contributed by atoms with van der Waals surface area (Å²) in [5, 5.41) is 11.2. The SMILES string of the molecule is O=C(CCN1CCCS1(=O)=O)NCc1ccc(C(=O)O)o1. The number of nitrogens with zero attached hydrogens (tertiary/aromatic N) is 1. The van der Waals surface area contributed by atoms with Gasteiger partial charge in [0.05, 0.1) is 12.3 Å². The minimum atomic E-state index is -3.19. The van der Waals surface area contributed by atoms with Crippen molar-refractivity contribution in [3.8, 4) is 0 Å². The van der Waals surface area contributed by atoms with Gasteiger partial charge in [-0.2, -0.15) is 0 Å². The van der Waals surface area contributed by atoms with E-state index in [-0.39, 0.29) is 36.9 Å². The Kier molecular flexibility index (Phi) is 4.63. The van der Waals surface area contributed by atoms with E-state index in [1.54, 1.807) is 0 Å². The lowest BCUT2D eigenvalue weighted by atomic mass is 10.3. The van der Waals surface area contributed by atoms with E-state index in [1.165, 1.54) is 16.4 Å². The van der Waals surface area contributed by atoms with Gasteiger partial charge in [0.2, 0.25) is 21.7 Å². The van der Waals surface area contributed by atoms with Gasteiger partial charge >= 0.3 is 5.97 Å². The maximum Gasteiger partial charge on any atom is 0.371 e. The number of furan rings is 1. The molecule has 1 saturated heterocycles. The van der Waals surface area contributed by atoms with Crippen LogP contribution in [0.3, 0.4) is 0 Å². The third kappa shape index (κ3) is 4.05. The van der Waals surface area contributed by atoms with Crippen molar-refractivity contribution in [2.24, 2.45) is 0 Å². The van der Waals surface area contributed by atoms with E-state index >= 15 is 0 Å². The molecule has 1 aliphatic heterocycles. The molecule has 0 bridgehead atoms. The molecule has 1 amide bonds. The fraction of sp³-hybridized carbons (Fsp3) is 0.500. The molecule has 0 radical (unpaired) electrons. The third-order valence-electron chi connectivity index (χ3n) is 3.12. The van der Waals surface area contributed by atoms with Gasteiger partial charge in [-0.3, -0.25) is 4.79 Å². The number of hydrogen-bond acceptors (Lipinski definition) is 5. The first-order chi connectivity index (χ1) is 9.88. The molecule has 9 heteroatoms. The maximum atomic E-state index is 11.6. The van der Waals surface area contributed by atoms with Gasteiger partial charge in [0.1, 0.15) is 5.76 Å². The number of carboxylic acid groups (broad SMARTS) is 1. The van der Waals surface area contributed by atoms with Gasteiger partial charge in [0.15, 0.2) is 0 Å². The maximum absolute atomic E-state index is 11.6. The third-order valence-corrected chi connectivity index (χ3v) is 5.08. The Morgan fingerprint density at radius 2 is 2.14 bits per heavy atom. The highest BCUT2D eigenvalue weighted by atomic mass is 32.2. The van der Waals surface area contributed by atoms with E-state index < -0.39 is 16.0 Å². The van der Waals surface area contributed by atoms with Crippen molar-refractivity contribution in [1.82, 2.24) is 9.62 Å². The van der Waals surface area contributed by atoms with Gasteiger partial charge in [-0.25, -0.2) is 17.5 Å². The Balaban J connectivity index is 1.76. The molecule has 0 aliphatic carbocycles. The second kappa shape index (κ2) is 6.27. The first-order valence-corrected chi connectivity index (χ1v) is 8.06. The summed E-state index contributed by atoms with van der Waals surface area (Å²) in [5.41, 5.74) is 0. The molecule has 116 valence electrons. The van der Waals surface area contributed by atoms with E-state index in [1.807, 2.05) is 0 Å². The molecule has 0 aromatic carbocycles. The average Bonchev–Trinajstić information content (AvgIpc) is 3.00. The lowest BCUT2D eigenvalue weighted by Crippen LogP contribution is -2.31. The number of aromatic carboxylic acids is 1. The number of carboxylic acids is 1. The molecule has 1 aromatic rings. The van der Waals surface area contributed by atoms with Crippen LogP contribution in [0.15, 0.2) is 16.5 Å². The van der Waals surface area contributed by atoms with Crippen LogP contribution >= 0.6 is 0 Å². The number of hydrogen-bond donors (Lipinski definition) is 2. The molecule has 1 aliphatic rings. The molecule has 21 heavy (non-hydrogen) atoms. The summed E-state index contributed by atoms with van der Waals surface area (Å²) >= 11 is 0. The molecular weight excluding hydrogens is 300 g/mol. The summed E-state index contributed by atoms with van der Waals surface area (Å²) in [6.07, 6.45) is 0.653. The number of amides is 1. The standard InChI is InChI=1S/C12H16N2O6S/c15-11(4-6-14-5-1-7-21(14,18)19)13-8-9-2-3-10(20-9)12(16)17/h2-3H,1,4-8H2,(H,13,15)(H,16,17). The molecule has 0 saturated carbocycles. The minimum absolute atomic E-state index is 0.0612. The summed E-state index contributed by atoms with van der Waals surface area (Å²) in [6.45, 7) is 0.682. The van der Waals surface area contributed by atoms with Crippen LogP contribution in [0.2, 0.25) is 0 Å². The van der Waals surface area contributed by atoms with Crippen LogP contribution in [0.25, 0.3) is 0 Å². The topological polar surface area (TPSA) is 117 Å². The number of carbonyl (C=O) groups is 2. The molecule has 8 nitrogen and oxygen atoms in total. The Labute approximate surface area is 121 Å². The minimum Gasteiger partial charge on any atom is -0.475 e. The fourth-order valence-electron chi connectivity index (χ4n) is 2.03. The number of nitrogens with one attached hydrogen (secondary N) is 1. The second-order valence-electron chi connectivity index (χ2n) is 4.67. The molecule has 1 aromatic heterocycles.